The summed E-state index contributed by atoms with van der Waals surface area (Å²) in [6.07, 6.45) is 3.60. The number of Topliss-reactive ketones (excluding diaryl/α,β-unsaturated/α-hetero) is 1. The average molecular weight is 531 g/mol. The molecule has 0 aromatic carbocycles. The van der Waals surface area contributed by atoms with Crippen molar-refractivity contribution in [3.63, 3.8) is 0 Å². The van der Waals surface area contributed by atoms with Crippen LogP contribution in [0.5, 0.6) is 0 Å². The summed E-state index contributed by atoms with van der Waals surface area (Å²) in [5.74, 6) is -2.20. The van der Waals surface area contributed by atoms with Gasteiger partial charge < -0.3 is 33.9 Å². The monoisotopic (exact) mass is 530 g/mol. The van der Waals surface area contributed by atoms with Crippen molar-refractivity contribution >= 4 is 5.78 Å². The summed E-state index contributed by atoms with van der Waals surface area (Å²) in [7, 11) is 0. The number of hydrogen-bond donors (Lipinski definition) is 2. The van der Waals surface area contributed by atoms with Gasteiger partial charge in [0.05, 0.1) is 24.7 Å². The van der Waals surface area contributed by atoms with Crippen LogP contribution in [0.4, 0.5) is 0 Å². The summed E-state index contributed by atoms with van der Waals surface area (Å²) in [5.41, 5.74) is -0.285. The van der Waals surface area contributed by atoms with E-state index in [0.29, 0.717) is 25.2 Å². The van der Waals surface area contributed by atoms with Gasteiger partial charge in [0.25, 0.3) is 0 Å². The van der Waals surface area contributed by atoms with E-state index >= 15 is 0 Å². The second kappa shape index (κ2) is 7.92. The zero-order chi connectivity index (χ0) is 26.9. The lowest BCUT2D eigenvalue weighted by atomic mass is 9.36. The zero-order valence-corrected chi connectivity index (χ0v) is 23.1. The van der Waals surface area contributed by atoms with Gasteiger partial charge in [0.2, 0.25) is 5.79 Å². The molecule has 3 spiro atoms. The Morgan fingerprint density at radius 3 is 2.68 bits per heavy atom. The predicted molar refractivity (Wildman–Crippen MR) is 135 cm³/mol. The van der Waals surface area contributed by atoms with Crippen LogP contribution in [0.25, 0.3) is 0 Å². The fourth-order valence-corrected chi connectivity index (χ4v) is 10.2. The highest BCUT2D eigenvalue weighted by atomic mass is 16.8. The maximum Gasteiger partial charge on any atom is 0.213 e. The van der Waals surface area contributed by atoms with E-state index in [9.17, 15) is 9.90 Å². The molecule has 38 heavy (non-hydrogen) atoms. The molecular weight excluding hydrogens is 488 g/mol. The van der Waals surface area contributed by atoms with Crippen molar-refractivity contribution in [2.24, 2.45) is 34.0 Å². The Morgan fingerprint density at radius 1 is 1.13 bits per heavy atom. The van der Waals surface area contributed by atoms with Crippen molar-refractivity contribution < 1.29 is 38.7 Å². The van der Waals surface area contributed by atoms with Crippen LogP contribution in [-0.4, -0.2) is 65.9 Å². The molecule has 4 aliphatic heterocycles. The van der Waals surface area contributed by atoms with Crippen LogP contribution in [0, 0.1) is 34.0 Å². The van der Waals surface area contributed by atoms with Crippen LogP contribution < -0.4 is 0 Å². The zero-order valence-electron chi connectivity index (χ0n) is 23.1. The van der Waals surface area contributed by atoms with Gasteiger partial charge in [-0.2, -0.15) is 0 Å². The third-order valence-corrected chi connectivity index (χ3v) is 11.1. The second-order valence-electron chi connectivity index (χ2n) is 13.9. The van der Waals surface area contributed by atoms with E-state index in [-0.39, 0.29) is 35.6 Å². The first kappa shape index (κ1) is 25.7. The Morgan fingerprint density at radius 2 is 1.92 bits per heavy atom. The van der Waals surface area contributed by atoms with E-state index in [1.165, 1.54) is 5.57 Å². The standard InChI is InChI=1S/C30H42O8/c1-16-18-9-10-19-28-15-35-30(29(19,22(16)32)25(18)37-27(4,5)38-30)23(33)21(28)26(2,3)14-17-8-11-20(36-24(17)28)34-13-7-6-12-31/h18-21,23,25,31,33H,1,6-15H2,2-5H3/t18-,19?,20+,21+,23-,25?,28?,29-,30-/m0/s1. The van der Waals surface area contributed by atoms with E-state index in [0.717, 1.165) is 44.3 Å². The number of allylic oxidation sites excluding steroid dienone is 1. The number of aliphatic hydroxyl groups excluding tert-OH is 2. The van der Waals surface area contributed by atoms with E-state index in [2.05, 4.69) is 20.4 Å². The molecule has 8 rings (SSSR count). The molecule has 8 heteroatoms. The van der Waals surface area contributed by atoms with Crippen molar-refractivity contribution in [2.45, 2.75) is 103 Å². The van der Waals surface area contributed by atoms with Crippen molar-refractivity contribution in [2.75, 3.05) is 19.8 Å². The minimum atomic E-state index is -1.49. The Balaban J connectivity index is 1.39. The molecule has 0 aromatic rings. The number of ketones is 1. The molecule has 2 N–H and O–H groups in total. The lowest BCUT2D eigenvalue weighted by molar-refractivity contribution is -0.527. The highest BCUT2D eigenvalue weighted by molar-refractivity contribution is 6.05. The van der Waals surface area contributed by atoms with Gasteiger partial charge in [-0.3, -0.25) is 4.79 Å². The number of carbonyl (C=O) groups is 1. The topological polar surface area (TPSA) is 104 Å². The number of rotatable bonds is 5. The Bertz CT molecular complexity index is 1110. The number of unbranched alkanes of at least 4 members (excludes halogenated alkanes) is 1. The molecule has 8 nitrogen and oxygen atoms in total. The Labute approximate surface area is 224 Å². The molecule has 210 valence electrons. The minimum absolute atomic E-state index is 0.0692. The second-order valence-corrected chi connectivity index (χ2v) is 13.9. The largest absolute Gasteiger partial charge is 0.469 e. The first-order valence-corrected chi connectivity index (χ1v) is 14.5. The van der Waals surface area contributed by atoms with Crippen LogP contribution >= 0.6 is 0 Å². The van der Waals surface area contributed by atoms with Crippen LogP contribution in [-0.2, 0) is 28.5 Å². The molecular formula is C30H42O8. The molecule has 0 aromatic heterocycles. The molecule has 0 radical (unpaired) electrons. The smallest absolute Gasteiger partial charge is 0.213 e. The first-order valence-electron chi connectivity index (χ1n) is 14.5. The van der Waals surface area contributed by atoms with Gasteiger partial charge in [0.15, 0.2) is 17.9 Å². The van der Waals surface area contributed by atoms with Crippen molar-refractivity contribution in [3.8, 4) is 0 Å². The number of aliphatic hydroxyl groups is 2. The van der Waals surface area contributed by atoms with Gasteiger partial charge in [-0.25, -0.2) is 0 Å². The highest BCUT2D eigenvalue weighted by Gasteiger charge is 2.90. The quantitative estimate of drug-likeness (QED) is 0.411. The molecule has 3 saturated heterocycles. The summed E-state index contributed by atoms with van der Waals surface area (Å²) < 4.78 is 32.9. The molecule has 4 bridgehead atoms. The first-order chi connectivity index (χ1) is 18.0. The highest BCUT2D eigenvalue weighted by Crippen LogP contribution is 2.80. The van der Waals surface area contributed by atoms with Crippen molar-refractivity contribution in [3.05, 3.63) is 23.5 Å². The van der Waals surface area contributed by atoms with Gasteiger partial charge >= 0.3 is 0 Å². The van der Waals surface area contributed by atoms with Crippen LogP contribution in [0.2, 0.25) is 0 Å². The Kier molecular flexibility index (Phi) is 5.35. The minimum Gasteiger partial charge on any atom is -0.469 e. The molecule has 4 aliphatic carbocycles. The third-order valence-electron chi connectivity index (χ3n) is 11.1. The molecule has 8 aliphatic rings. The van der Waals surface area contributed by atoms with E-state index in [1.807, 2.05) is 13.8 Å². The third kappa shape index (κ3) is 2.80. The summed E-state index contributed by atoms with van der Waals surface area (Å²) >= 11 is 0. The van der Waals surface area contributed by atoms with Gasteiger partial charge in [-0.15, -0.1) is 0 Å². The molecule has 0 amide bonds. The van der Waals surface area contributed by atoms with Gasteiger partial charge in [-0.1, -0.05) is 20.4 Å². The number of fused-ring (bicyclic) bond motifs is 1. The molecule has 3 saturated carbocycles. The maximum absolute atomic E-state index is 14.4. The van der Waals surface area contributed by atoms with E-state index < -0.39 is 40.9 Å². The number of carbonyl (C=O) groups excluding carboxylic acids is 1. The van der Waals surface area contributed by atoms with E-state index in [1.54, 1.807) is 0 Å². The Hall–Kier alpha value is -1.29. The SMILES string of the molecule is C=C1C(=O)[C@@]23C4OC(C)(C)O[C@]25OCC2(C6=C(CC[C@H](OCCCCO)O6)CC(C)(C)[C@H]2[C@@H]5O)C3CC[C@@H]14. The predicted octanol–water partition coefficient (Wildman–Crippen LogP) is 3.60. The summed E-state index contributed by atoms with van der Waals surface area (Å²) in [6.45, 7) is 13.4. The number of hydrogen-bond acceptors (Lipinski definition) is 8. The average Bonchev–Trinajstić information content (AvgIpc) is 2.97. The summed E-state index contributed by atoms with van der Waals surface area (Å²) in [5, 5.41) is 21.6. The number of ether oxygens (including phenoxy) is 5. The van der Waals surface area contributed by atoms with Gasteiger partial charge in [0, 0.05) is 24.9 Å². The molecule has 3 unspecified atom stereocenters. The molecule has 9 atom stereocenters. The summed E-state index contributed by atoms with van der Waals surface area (Å²) in [6, 6.07) is 0. The van der Waals surface area contributed by atoms with Crippen LogP contribution in [0.15, 0.2) is 23.5 Å². The van der Waals surface area contributed by atoms with Gasteiger partial charge in [-0.05, 0) is 74.9 Å². The summed E-state index contributed by atoms with van der Waals surface area (Å²) in [4.78, 5) is 14.4. The van der Waals surface area contributed by atoms with Crippen molar-refractivity contribution in [1.82, 2.24) is 0 Å². The normalized spacial score (nSPS) is 49.3. The molecule has 4 heterocycles. The van der Waals surface area contributed by atoms with Crippen LogP contribution in [0.1, 0.15) is 72.6 Å². The van der Waals surface area contributed by atoms with Crippen molar-refractivity contribution in [1.29, 1.82) is 0 Å². The van der Waals surface area contributed by atoms with Gasteiger partial charge in [0.1, 0.15) is 17.3 Å². The van der Waals surface area contributed by atoms with E-state index in [4.69, 9.17) is 28.8 Å². The van der Waals surface area contributed by atoms with Crippen LogP contribution in [0.3, 0.4) is 0 Å². The maximum atomic E-state index is 14.4. The lowest BCUT2D eigenvalue weighted by Gasteiger charge is -2.77. The fraction of sp³-hybridized carbons (Fsp3) is 0.833. The fourth-order valence-electron chi connectivity index (χ4n) is 10.2. The molecule has 6 fully saturated rings. The lowest BCUT2D eigenvalue weighted by Crippen LogP contribution is -2.87.